The molecule has 6 heteroatoms. The van der Waals surface area contributed by atoms with E-state index in [9.17, 15) is 22.0 Å². The van der Waals surface area contributed by atoms with Crippen LogP contribution >= 0.6 is 11.6 Å². The minimum atomic E-state index is -4.86. The smallest absolute Gasteiger partial charge is 0.206 e. The molecule has 0 saturated heterocycles. The number of halogens is 6. The first-order chi connectivity index (χ1) is 4.34. The molecule has 0 radical (unpaired) electrons. The van der Waals surface area contributed by atoms with E-state index in [1.165, 1.54) is 0 Å². The third-order valence-electron chi connectivity index (χ3n) is 0.543. The largest absolute Gasteiger partial charge is 0.426 e. The Morgan fingerprint density at radius 2 is 1.70 bits per heavy atom. The van der Waals surface area contributed by atoms with Gasteiger partial charge in [-0.3, -0.25) is 0 Å². The van der Waals surface area contributed by atoms with E-state index >= 15 is 0 Å². The Morgan fingerprint density at radius 1 is 1.30 bits per heavy atom. The summed E-state index contributed by atoms with van der Waals surface area (Å²) in [6, 6.07) is 0. The van der Waals surface area contributed by atoms with Crippen LogP contribution in [-0.2, 0) is 0 Å². The minimum absolute atomic E-state index is 0.360. The predicted molar refractivity (Wildman–Crippen MR) is 26.0 cm³/mol. The molecule has 0 atom stereocenters. The van der Waals surface area contributed by atoms with Crippen molar-refractivity contribution >= 4 is 11.6 Å². The summed E-state index contributed by atoms with van der Waals surface area (Å²) in [4.78, 5) is 0. The molecule has 0 saturated carbocycles. The molecule has 0 amide bonds. The molecular weight excluding hydrogens is 178 g/mol. The molecule has 0 aliphatic carbocycles. The van der Waals surface area contributed by atoms with Crippen molar-refractivity contribution in [2.24, 2.45) is 0 Å². The van der Waals surface area contributed by atoms with Gasteiger partial charge < -0.3 is 0 Å². The maximum Gasteiger partial charge on any atom is 0.426 e. The normalized spacial score (nSPS) is 14.5. The van der Waals surface area contributed by atoms with Crippen molar-refractivity contribution in [1.29, 1.82) is 0 Å². The van der Waals surface area contributed by atoms with Crippen LogP contribution in [0.2, 0.25) is 0 Å². The van der Waals surface area contributed by atoms with Crippen molar-refractivity contribution in [3.8, 4) is 0 Å². The highest BCUT2D eigenvalue weighted by Gasteiger charge is 2.32. The van der Waals surface area contributed by atoms with Crippen molar-refractivity contribution < 1.29 is 22.0 Å². The van der Waals surface area contributed by atoms with Crippen LogP contribution in [0.15, 0.2) is 11.1 Å². The van der Waals surface area contributed by atoms with Crippen LogP contribution in [0.5, 0.6) is 0 Å². The highest BCUT2D eigenvalue weighted by atomic mass is 35.5. The van der Waals surface area contributed by atoms with Gasteiger partial charge in [0.1, 0.15) is 5.03 Å². The van der Waals surface area contributed by atoms with Gasteiger partial charge in [-0.15, -0.1) is 0 Å². The molecule has 0 aromatic rings. The Bertz CT molecular complexity index is 135. The molecule has 0 unspecified atom stereocenters. The van der Waals surface area contributed by atoms with Crippen LogP contribution in [0.4, 0.5) is 22.0 Å². The van der Waals surface area contributed by atoms with Crippen LogP contribution in [0.3, 0.4) is 0 Å². The first-order valence-electron chi connectivity index (χ1n) is 2.06. The van der Waals surface area contributed by atoms with Crippen molar-refractivity contribution in [1.82, 2.24) is 0 Å². The lowest BCUT2D eigenvalue weighted by molar-refractivity contribution is -0.0855. The zero-order valence-electron chi connectivity index (χ0n) is 4.42. The summed E-state index contributed by atoms with van der Waals surface area (Å²) in [6.45, 7) is 0. The lowest BCUT2D eigenvalue weighted by atomic mass is 10.5. The second-order valence-electron chi connectivity index (χ2n) is 1.35. The Balaban J connectivity index is 4.20. The van der Waals surface area contributed by atoms with Crippen molar-refractivity contribution in [2.75, 3.05) is 0 Å². The van der Waals surface area contributed by atoms with Gasteiger partial charge in [-0.1, -0.05) is 11.6 Å². The van der Waals surface area contributed by atoms with Crippen LogP contribution in [-0.4, -0.2) is 12.6 Å². The minimum Gasteiger partial charge on any atom is -0.206 e. The maximum absolute atomic E-state index is 11.3. The van der Waals surface area contributed by atoms with Gasteiger partial charge >= 0.3 is 6.18 Å². The summed E-state index contributed by atoms with van der Waals surface area (Å²) in [6.07, 6.45) is -8.39. The number of hydrogen-bond donors (Lipinski definition) is 0. The van der Waals surface area contributed by atoms with E-state index in [0.29, 0.717) is 0 Å². The summed E-state index contributed by atoms with van der Waals surface area (Å²) in [5.74, 6) is 0. The van der Waals surface area contributed by atoms with Crippen molar-refractivity contribution in [3.05, 3.63) is 11.1 Å². The van der Waals surface area contributed by atoms with Gasteiger partial charge in [0.2, 0.25) is 0 Å². The van der Waals surface area contributed by atoms with Crippen LogP contribution in [0, 0.1) is 0 Å². The highest BCUT2D eigenvalue weighted by Crippen LogP contribution is 2.29. The summed E-state index contributed by atoms with van der Waals surface area (Å²) in [7, 11) is 0. The van der Waals surface area contributed by atoms with Gasteiger partial charge in [0.15, 0.2) is 0 Å². The first kappa shape index (κ1) is 9.68. The van der Waals surface area contributed by atoms with Gasteiger partial charge in [-0.25, -0.2) is 8.78 Å². The second-order valence-corrected chi connectivity index (χ2v) is 1.75. The van der Waals surface area contributed by atoms with E-state index < -0.39 is 17.6 Å². The second kappa shape index (κ2) is 3.18. The molecule has 10 heavy (non-hydrogen) atoms. The quantitative estimate of drug-likeness (QED) is 0.545. The molecule has 60 valence electrons. The van der Waals surface area contributed by atoms with E-state index in [1.807, 2.05) is 0 Å². The molecule has 0 aromatic heterocycles. The average molecular weight is 181 g/mol. The average Bonchev–Trinajstić information content (AvgIpc) is 1.60. The van der Waals surface area contributed by atoms with Gasteiger partial charge in [-0.2, -0.15) is 13.2 Å². The number of hydrogen-bond acceptors (Lipinski definition) is 0. The standard InChI is InChI=1S/C4H2ClF5/c5-2(1-3(6)7)4(8,9)10/h1,3H/b2-1+. The molecule has 0 heterocycles. The van der Waals surface area contributed by atoms with Gasteiger partial charge in [-0.05, 0) is 0 Å². The third-order valence-corrected chi connectivity index (χ3v) is 0.883. The molecule has 0 aromatic carbocycles. The summed E-state index contributed by atoms with van der Waals surface area (Å²) < 4.78 is 56.1. The fourth-order valence-corrected chi connectivity index (χ4v) is 0.300. The highest BCUT2D eigenvalue weighted by molar-refractivity contribution is 6.30. The fourth-order valence-electron chi connectivity index (χ4n) is 0.205. The Kier molecular flexibility index (Phi) is 3.08. The molecular formula is C4H2ClF5. The molecule has 0 aliphatic rings. The number of alkyl halides is 5. The van der Waals surface area contributed by atoms with Crippen LogP contribution in [0.1, 0.15) is 0 Å². The van der Waals surface area contributed by atoms with Gasteiger partial charge in [0, 0.05) is 6.08 Å². The Hall–Kier alpha value is -0.320. The zero-order valence-corrected chi connectivity index (χ0v) is 5.18. The van der Waals surface area contributed by atoms with Crippen molar-refractivity contribution in [2.45, 2.75) is 12.6 Å². The summed E-state index contributed by atoms with van der Waals surface area (Å²) in [5, 5.41) is -1.79. The molecule has 0 bridgehead atoms. The molecule has 0 N–H and O–H groups in total. The molecule has 0 rings (SSSR count). The summed E-state index contributed by atoms with van der Waals surface area (Å²) >= 11 is 4.41. The lowest BCUT2D eigenvalue weighted by Gasteiger charge is -2.02. The van der Waals surface area contributed by atoms with Crippen LogP contribution in [0.25, 0.3) is 0 Å². The number of allylic oxidation sites excluding steroid dienone is 2. The number of rotatable bonds is 1. The Morgan fingerprint density at radius 3 is 1.80 bits per heavy atom. The van der Waals surface area contributed by atoms with E-state index in [0.717, 1.165) is 0 Å². The van der Waals surface area contributed by atoms with Crippen LogP contribution < -0.4 is 0 Å². The van der Waals surface area contributed by atoms with E-state index in [-0.39, 0.29) is 6.08 Å². The summed E-state index contributed by atoms with van der Waals surface area (Å²) in [5.41, 5.74) is 0. The predicted octanol–water partition coefficient (Wildman–Crippen LogP) is 2.94. The van der Waals surface area contributed by atoms with E-state index in [1.54, 1.807) is 0 Å². The van der Waals surface area contributed by atoms with Crippen molar-refractivity contribution in [3.63, 3.8) is 0 Å². The molecule has 0 nitrogen and oxygen atoms in total. The van der Waals surface area contributed by atoms with Gasteiger partial charge in [0.05, 0.1) is 0 Å². The van der Waals surface area contributed by atoms with E-state index in [4.69, 9.17) is 0 Å². The Labute approximate surface area is 58.3 Å². The topological polar surface area (TPSA) is 0 Å². The molecule has 0 spiro atoms. The maximum atomic E-state index is 11.3. The van der Waals surface area contributed by atoms with E-state index in [2.05, 4.69) is 11.6 Å². The molecule has 0 aliphatic heterocycles. The SMILES string of the molecule is FC(F)/C=C(/Cl)C(F)(F)F. The third kappa shape index (κ3) is 3.66. The lowest BCUT2D eigenvalue weighted by Crippen LogP contribution is -2.08. The van der Waals surface area contributed by atoms with Gasteiger partial charge in [0.25, 0.3) is 6.43 Å². The fraction of sp³-hybridized carbons (Fsp3) is 0.500. The monoisotopic (exact) mass is 180 g/mol. The zero-order chi connectivity index (χ0) is 8.36. The molecule has 0 fully saturated rings. The first-order valence-corrected chi connectivity index (χ1v) is 2.44.